The molecule has 2 aromatic rings. The van der Waals surface area contributed by atoms with Crippen molar-refractivity contribution < 1.29 is 5.21 Å². The molecule has 102 valence electrons. The van der Waals surface area contributed by atoms with Gasteiger partial charge in [0.2, 0.25) is 0 Å². The summed E-state index contributed by atoms with van der Waals surface area (Å²) in [6.07, 6.45) is 6.40. The standard InChI is InChI=1S/C18H19NO/c20-19-15-18(14-17-10-5-2-6-11-17)13-7-12-16-8-3-1-4-9-16/h1-6,8-11,13,15,20H,7,12,14H2/b18-13?,19-15+. The Labute approximate surface area is 120 Å². The van der Waals surface area contributed by atoms with Crippen LogP contribution in [0.15, 0.2) is 77.5 Å². The van der Waals surface area contributed by atoms with Crippen LogP contribution in [-0.4, -0.2) is 11.4 Å². The van der Waals surface area contributed by atoms with Crippen LogP contribution in [0.3, 0.4) is 0 Å². The normalized spacial score (nSPS) is 11.9. The fourth-order valence-corrected chi connectivity index (χ4v) is 2.15. The third-order valence-corrected chi connectivity index (χ3v) is 3.16. The SMILES string of the molecule is O/N=C/C(=CCCc1ccccc1)Cc1ccccc1. The molecule has 0 amide bonds. The molecule has 2 rings (SSSR count). The van der Waals surface area contributed by atoms with Crippen LogP contribution in [0.4, 0.5) is 0 Å². The summed E-state index contributed by atoms with van der Waals surface area (Å²) in [4.78, 5) is 0. The van der Waals surface area contributed by atoms with Crippen LogP contribution in [0.25, 0.3) is 0 Å². The lowest BCUT2D eigenvalue weighted by Crippen LogP contribution is -1.93. The highest BCUT2D eigenvalue weighted by molar-refractivity contribution is 5.78. The van der Waals surface area contributed by atoms with Gasteiger partial charge in [0, 0.05) is 0 Å². The Balaban J connectivity index is 1.96. The van der Waals surface area contributed by atoms with E-state index in [0.29, 0.717) is 0 Å². The van der Waals surface area contributed by atoms with Crippen LogP contribution in [-0.2, 0) is 12.8 Å². The van der Waals surface area contributed by atoms with Crippen molar-refractivity contribution in [3.8, 4) is 0 Å². The fraction of sp³-hybridized carbons (Fsp3) is 0.167. The largest absolute Gasteiger partial charge is 0.411 e. The number of hydrogen-bond donors (Lipinski definition) is 1. The maximum Gasteiger partial charge on any atom is 0.0693 e. The minimum absolute atomic E-state index is 0.791. The zero-order chi connectivity index (χ0) is 14.0. The summed E-state index contributed by atoms with van der Waals surface area (Å²) in [5.74, 6) is 0. The lowest BCUT2D eigenvalue weighted by Gasteiger charge is -2.03. The first-order valence-corrected chi connectivity index (χ1v) is 6.83. The summed E-state index contributed by atoms with van der Waals surface area (Å²) in [5, 5.41) is 11.9. The van der Waals surface area contributed by atoms with Gasteiger partial charge in [-0.2, -0.15) is 0 Å². The summed E-state index contributed by atoms with van der Waals surface area (Å²) in [5.41, 5.74) is 3.58. The molecule has 1 N–H and O–H groups in total. The summed E-state index contributed by atoms with van der Waals surface area (Å²) < 4.78 is 0. The second kappa shape index (κ2) is 7.95. The van der Waals surface area contributed by atoms with Crippen LogP contribution >= 0.6 is 0 Å². The van der Waals surface area contributed by atoms with E-state index in [1.165, 1.54) is 17.3 Å². The number of oxime groups is 1. The van der Waals surface area contributed by atoms with Crippen molar-refractivity contribution in [3.63, 3.8) is 0 Å². The number of rotatable bonds is 6. The third kappa shape index (κ3) is 4.73. The Bertz CT molecular complexity index is 558. The molecule has 0 aliphatic rings. The summed E-state index contributed by atoms with van der Waals surface area (Å²) in [7, 11) is 0. The van der Waals surface area contributed by atoms with Gasteiger partial charge in [-0.3, -0.25) is 0 Å². The van der Waals surface area contributed by atoms with Crippen LogP contribution in [0.2, 0.25) is 0 Å². The van der Waals surface area contributed by atoms with Crippen molar-refractivity contribution in [1.82, 2.24) is 0 Å². The highest BCUT2D eigenvalue weighted by Crippen LogP contribution is 2.09. The average Bonchev–Trinajstić information content (AvgIpc) is 2.49. The van der Waals surface area contributed by atoms with Crippen LogP contribution in [0.5, 0.6) is 0 Å². The second-order valence-corrected chi connectivity index (χ2v) is 4.71. The molecule has 0 saturated carbocycles. The van der Waals surface area contributed by atoms with Gasteiger partial charge in [-0.25, -0.2) is 0 Å². The molecule has 0 aliphatic heterocycles. The first-order valence-electron chi connectivity index (χ1n) is 6.83. The van der Waals surface area contributed by atoms with Gasteiger partial charge in [0.05, 0.1) is 6.21 Å². The van der Waals surface area contributed by atoms with Crippen molar-refractivity contribution in [2.24, 2.45) is 5.16 Å². The van der Waals surface area contributed by atoms with E-state index in [-0.39, 0.29) is 0 Å². The molecule has 2 heteroatoms. The predicted octanol–water partition coefficient (Wildman–Crippen LogP) is 4.25. The number of hydrogen-bond acceptors (Lipinski definition) is 2. The Hall–Kier alpha value is -2.35. The molecular weight excluding hydrogens is 246 g/mol. The summed E-state index contributed by atoms with van der Waals surface area (Å²) >= 11 is 0. The summed E-state index contributed by atoms with van der Waals surface area (Å²) in [6, 6.07) is 20.6. The van der Waals surface area contributed by atoms with E-state index < -0.39 is 0 Å². The van der Waals surface area contributed by atoms with Crippen molar-refractivity contribution in [1.29, 1.82) is 0 Å². The molecule has 0 saturated heterocycles. The minimum Gasteiger partial charge on any atom is -0.411 e. The Morgan fingerprint density at radius 3 is 2.10 bits per heavy atom. The Kier molecular flexibility index (Phi) is 5.59. The summed E-state index contributed by atoms with van der Waals surface area (Å²) in [6.45, 7) is 0. The van der Waals surface area contributed by atoms with E-state index in [1.807, 2.05) is 24.3 Å². The van der Waals surface area contributed by atoms with E-state index in [1.54, 1.807) is 0 Å². The second-order valence-electron chi connectivity index (χ2n) is 4.71. The third-order valence-electron chi connectivity index (χ3n) is 3.16. The van der Waals surface area contributed by atoms with Crippen molar-refractivity contribution in [2.75, 3.05) is 0 Å². The molecule has 0 radical (unpaired) electrons. The zero-order valence-corrected chi connectivity index (χ0v) is 11.4. The number of allylic oxidation sites excluding steroid dienone is 2. The van der Waals surface area contributed by atoms with Gasteiger partial charge < -0.3 is 5.21 Å². The predicted molar refractivity (Wildman–Crippen MR) is 83.3 cm³/mol. The number of benzene rings is 2. The lowest BCUT2D eigenvalue weighted by molar-refractivity contribution is 0.321. The van der Waals surface area contributed by atoms with Gasteiger partial charge in [0.1, 0.15) is 0 Å². The molecule has 2 nitrogen and oxygen atoms in total. The molecule has 0 spiro atoms. The van der Waals surface area contributed by atoms with Crippen LogP contribution in [0.1, 0.15) is 17.5 Å². The average molecular weight is 265 g/mol. The van der Waals surface area contributed by atoms with Gasteiger partial charge in [0.25, 0.3) is 0 Å². The minimum atomic E-state index is 0.791. The van der Waals surface area contributed by atoms with Gasteiger partial charge >= 0.3 is 0 Å². The molecular formula is C18H19NO. The van der Waals surface area contributed by atoms with Crippen molar-refractivity contribution in [2.45, 2.75) is 19.3 Å². The van der Waals surface area contributed by atoms with Crippen molar-refractivity contribution >= 4 is 6.21 Å². The Morgan fingerprint density at radius 2 is 1.50 bits per heavy atom. The molecule has 0 heterocycles. The van der Waals surface area contributed by atoms with Crippen LogP contribution in [0, 0.1) is 0 Å². The molecule has 0 fully saturated rings. The number of nitrogens with zero attached hydrogens (tertiary/aromatic N) is 1. The maximum absolute atomic E-state index is 8.76. The van der Waals surface area contributed by atoms with E-state index in [4.69, 9.17) is 5.21 Å². The molecule has 2 aromatic carbocycles. The molecule has 0 unspecified atom stereocenters. The molecule has 0 bridgehead atoms. The maximum atomic E-state index is 8.76. The van der Waals surface area contributed by atoms with Gasteiger partial charge in [-0.15, -0.1) is 0 Å². The molecule has 0 atom stereocenters. The molecule has 0 aliphatic carbocycles. The van der Waals surface area contributed by atoms with Gasteiger partial charge in [-0.1, -0.05) is 71.9 Å². The van der Waals surface area contributed by atoms with Gasteiger partial charge in [0.15, 0.2) is 0 Å². The lowest BCUT2D eigenvalue weighted by atomic mass is 10.0. The van der Waals surface area contributed by atoms with E-state index in [2.05, 4.69) is 47.6 Å². The first-order chi connectivity index (χ1) is 9.88. The molecule has 20 heavy (non-hydrogen) atoms. The zero-order valence-electron chi connectivity index (χ0n) is 11.4. The topological polar surface area (TPSA) is 32.6 Å². The van der Waals surface area contributed by atoms with E-state index in [9.17, 15) is 0 Å². The molecule has 0 aromatic heterocycles. The van der Waals surface area contributed by atoms with Crippen molar-refractivity contribution in [3.05, 3.63) is 83.4 Å². The quantitative estimate of drug-likeness (QED) is 0.473. The monoisotopic (exact) mass is 265 g/mol. The fourth-order valence-electron chi connectivity index (χ4n) is 2.15. The highest BCUT2D eigenvalue weighted by Gasteiger charge is 1.98. The smallest absolute Gasteiger partial charge is 0.0693 e. The van der Waals surface area contributed by atoms with Crippen LogP contribution < -0.4 is 0 Å². The van der Waals surface area contributed by atoms with E-state index >= 15 is 0 Å². The Morgan fingerprint density at radius 1 is 0.900 bits per heavy atom. The first kappa shape index (κ1) is 14.1. The highest BCUT2D eigenvalue weighted by atomic mass is 16.4. The van der Waals surface area contributed by atoms with E-state index in [0.717, 1.165) is 24.8 Å². The van der Waals surface area contributed by atoms with Gasteiger partial charge in [-0.05, 0) is 36.0 Å². The number of aryl methyl sites for hydroxylation is 1.